The third kappa shape index (κ3) is 2.23. The van der Waals surface area contributed by atoms with Crippen LogP contribution in [0.1, 0.15) is 5.56 Å². The third-order valence-electron chi connectivity index (χ3n) is 2.02. The molecule has 5 N–H and O–H groups in total. The van der Waals surface area contributed by atoms with Crippen LogP contribution in [0.5, 0.6) is 0 Å². The second-order valence-electron chi connectivity index (χ2n) is 2.77. The molecule has 2 rings (SSSR count). The summed E-state index contributed by atoms with van der Waals surface area (Å²) in [6.07, 6.45) is 0. The van der Waals surface area contributed by atoms with Gasteiger partial charge in [0.05, 0.1) is 0 Å². The summed E-state index contributed by atoms with van der Waals surface area (Å²) in [7, 11) is 0. The summed E-state index contributed by atoms with van der Waals surface area (Å²) in [5.74, 6) is 0.585. The molecule has 0 saturated heterocycles. The van der Waals surface area contributed by atoms with E-state index in [2.05, 4.69) is 24.3 Å². The molecule has 2 aromatic rings. The van der Waals surface area contributed by atoms with E-state index in [4.69, 9.17) is 11.6 Å². The molecule has 3 heteroatoms. The smallest absolute Gasteiger partial charge is 0.0480 e. The molecule has 14 heavy (non-hydrogen) atoms. The minimum Gasteiger partial charge on any atom is -0.412 e. The molecule has 0 aliphatic carbocycles. The number of rotatable bonds is 1. The molecule has 0 heterocycles. The van der Waals surface area contributed by atoms with Gasteiger partial charge in [0.1, 0.15) is 0 Å². The molecule has 0 spiro atoms. The summed E-state index contributed by atoms with van der Waals surface area (Å²) in [4.78, 5) is 0. The average molecular weight is 212 g/mol. The van der Waals surface area contributed by atoms with Gasteiger partial charge < -0.3 is 11.6 Å². The average Bonchev–Trinajstić information content (AvgIpc) is 2.17. The van der Waals surface area contributed by atoms with Gasteiger partial charge in [0.25, 0.3) is 0 Å². The molecule has 2 nitrogen and oxygen atoms in total. The lowest BCUT2D eigenvalue weighted by molar-refractivity contribution is 0.824. The number of hydrogen-bond acceptors (Lipinski definition) is 1. The van der Waals surface area contributed by atoms with Crippen molar-refractivity contribution in [2.24, 2.45) is 0 Å². The Morgan fingerprint density at radius 1 is 0.929 bits per heavy atom. The predicted octanol–water partition coefficient (Wildman–Crippen LogP) is 2.92. The van der Waals surface area contributed by atoms with E-state index in [1.807, 2.05) is 18.2 Å². The van der Waals surface area contributed by atoms with Crippen molar-refractivity contribution in [3.8, 4) is 0 Å². The van der Waals surface area contributed by atoms with Crippen LogP contribution in [0.4, 0.5) is 0 Å². The van der Waals surface area contributed by atoms with Crippen molar-refractivity contribution in [2.75, 3.05) is 0 Å². The molecule has 0 unspecified atom stereocenters. The lowest BCUT2D eigenvalue weighted by atomic mass is 10.1. The fraction of sp³-hybridized carbons (Fsp3) is 0.0909. The topological polar surface area (TPSA) is 66.5 Å². The Morgan fingerprint density at radius 2 is 1.57 bits per heavy atom. The summed E-state index contributed by atoms with van der Waals surface area (Å²) in [6, 6.07) is 14.5. The van der Waals surface area contributed by atoms with Crippen molar-refractivity contribution >= 4 is 22.4 Å². The molecule has 2 aromatic carbocycles. The van der Waals surface area contributed by atoms with Crippen LogP contribution in [0.2, 0.25) is 0 Å². The maximum absolute atomic E-state index is 5.81. The molecule has 0 aromatic heterocycles. The molecule has 0 aliphatic rings. The monoisotopic (exact) mass is 211 g/mol. The zero-order valence-electron chi connectivity index (χ0n) is 7.83. The van der Waals surface area contributed by atoms with E-state index in [1.54, 1.807) is 0 Å². The second kappa shape index (κ2) is 5.60. The first-order valence-electron chi connectivity index (χ1n) is 3.94. The van der Waals surface area contributed by atoms with Gasteiger partial charge in [0, 0.05) is 5.88 Å². The van der Waals surface area contributed by atoms with E-state index in [-0.39, 0.29) is 11.6 Å². The highest BCUT2D eigenvalue weighted by Gasteiger charge is 1.96. The van der Waals surface area contributed by atoms with Gasteiger partial charge in [-0.3, -0.25) is 0 Å². The van der Waals surface area contributed by atoms with E-state index in [0.29, 0.717) is 5.88 Å². The lowest BCUT2D eigenvalue weighted by Gasteiger charge is -2.01. The molecule has 0 amide bonds. The summed E-state index contributed by atoms with van der Waals surface area (Å²) in [6.45, 7) is 0. The van der Waals surface area contributed by atoms with Crippen molar-refractivity contribution in [3.63, 3.8) is 0 Å². The number of halogens is 1. The van der Waals surface area contributed by atoms with Crippen LogP contribution in [0.3, 0.4) is 0 Å². The molecule has 76 valence electrons. The fourth-order valence-corrected chi connectivity index (χ4v) is 1.64. The van der Waals surface area contributed by atoms with Crippen molar-refractivity contribution in [2.45, 2.75) is 5.88 Å². The van der Waals surface area contributed by atoms with Gasteiger partial charge in [-0.1, -0.05) is 42.5 Å². The van der Waals surface area contributed by atoms with Crippen LogP contribution in [-0.2, 0) is 5.88 Å². The maximum atomic E-state index is 5.81. The van der Waals surface area contributed by atoms with Gasteiger partial charge in [0.2, 0.25) is 0 Å². The van der Waals surface area contributed by atoms with Gasteiger partial charge in [-0.15, -0.1) is 11.6 Å². The second-order valence-corrected chi connectivity index (χ2v) is 3.04. The minimum absolute atomic E-state index is 0. The Bertz CT molecular complexity index is 398. The quantitative estimate of drug-likeness (QED) is 0.725. The minimum atomic E-state index is 0. The highest BCUT2D eigenvalue weighted by Crippen LogP contribution is 2.19. The SMILES string of the molecule is ClCc1cccc2ccccc12.N.O. The Kier molecular flexibility index (Phi) is 5.16. The largest absolute Gasteiger partial charge is 0.412 e. The molecular formula is C11H14ClNO. The first kappa shape index (κ1) is 12.9. The zero-order chi connectivity index (χ0) is 8.39. The summed E-state index contributed by atoms with van der Waals surface area (Å²) >= 11 is 5.81. The van der Waals surface area contributed by atoms with Crippen molar-refractivity contribution in [1.82, 2.24) is 6.15 Å². The van der Waals surface area contributed by atoms with Crippen molar-refractivity contribution in [3.05, 3.63) is 48.0 Å². The van der Waals surface area contributed by atoms with Gasteiger partial charge in [-0.05, 0) is 16.3 Å². The van der Waals surface area contributed by atoms with E-state index in [1.165, 1.54) is 16.3 Å². The third-order valence-corrected chi connectivity index (χ3v) is 2.31. The first-order chi connectivity index (χ1) is 5.92. The molecule has 0 saturated carbocycles. The van der Waals surface area contributed by atoms with E-state index >= 15 is 0 Å². The van der Waals surface area contributed by atoms with Gasteiger partial charge in [-0.25, -0.2) is 0 Å². The van der Waals surface area contributed by atoms with Crippen LogP contribution in [0.25, 0.3) is 10.8 Å². The number of alkyl halides is 1. The number of hydrogen-bond donors (Lipinski definition) is 1. The number of fused-ring (bicyclic) bond motifs is 1. The predicted molar refractivity (Wildman–Crippen MR) is 62.1 cm³/mol. The Morgan fingerprint density at radius 3 is 2.29 bits per heavy atom. The standard InChI is InChI=1S/C11H9Cl.H3N.H2O/c12-8-10-6-3-5-9-4-1-2-7-11(9)10;;/h1-7H,8H2;1H3;1H2. The molecule has 0 aliphatic heterocycles. The van der Waals surface area contributed by atoms with Crippen molar-refractivity contribution in [1.29, 1.82) is 0 Å². The molecular weight excluding hydrogens is 198 g/mol. The Labute approximate surface area is 88.4 Å². The maximum Gasteiger partial charge on any atom is 0.0480 e. The highest BCUT2D eigenvalue weighted by molar-refractivity contribution is 6.18. The first-order valence-corrected chi connectivity index (χ1v) is 4.48. The molecule has 0 radical (unpaired) electrons. The van der Waals surface area contributed by atoms with E-state index in [0.717, 1.165) is 0 Å². The van der Waals surface area contributed by atoms with E-state index < -0.39 is 0 Å². The van der Waals surface area contributed by atoms with Crippen LogP contribution in [-0.4, -0.2) is 5.48 Å². The number of benzene rings is 2. The van der Waals surface area contributed by atoms with E-state index in [9.17, 15) is 0 Å². The van der Waals surface area contributed by atoms with Crippen molar-refractivity contribution < 1.29 is 5.48 Å². The fourth-order valence-electron chi connectivity index (χ4n) is 1.41. The van der Waals surface area contributed by atoms with Crippen LogP contribution in [0, 0.1) is 0 Å². The molecule has 0 atom stereocenters. The van der Waals surface area contributed by atoms with Crippen LogP contribution < -0.4 is 6.15 Å². The Balaban J connectivity index is 0.000000845. The van der Waals surface area contributed by atoms with Crippen LogP contribution in [0.15, 0.2) is 42.5 Å². The normalized spacial score (nSPS) is 8.93. The molecule has 0 bridgehead atoms. The van der Waals surface area contributed by atoms with Gasteiger partial charge in [-0.2, -0.15) is 0 Å². The lowest BCUT2D eigenvalue weighted by Crippen LogP contribution is -1.79. The zero-order valence-corrected chi connectivity index (χ0v) is 8.59. The van der Waals surface area contributed by atoms with Gasteiger partial charge >= 0.3 is 0 Å². The van der Waals surface area contributed by atoms with Gasteiger partial charge in [0.15, 0.2) is 0 Å². The summed E-state index contributed by atoms with van der Waals surface area (Å²) in [5, 5.41) is 2.52. The summed E-state index contributed by atoms with van der Waals surface area (Å²) in [5.41, 5.74) is 1.20. The van der Waals surface area contributed by atoms with Crippen LogP contribution >= 0.6 is 11.6 Å². The highest BCUT2D eigenvalue weighted by atomic mass is 35.5. The summed E-state index contributed by atoms with van der Waals surface area (Å²) < 4.78 is 0. The molecule has 0 fully saturated rings. The Hall–Kier alpha value is -1.09.